The highest BCUT2D eigenvalue weighted by atomic mass is 35.5. The largest absolute Gasteiger partial charge is 0.496 e. The van der Waals surface area contributed by atoms with Crippen molar-refractivity contribution >= 4 is 17.5 Å². The molecule has 0 saturated carbocycles. The van der Waals surface area contributed by atoms with Crippen LogP contribution in [0.15, 0.2) is 36.4 Å². The van der Waals surface area contributed by atoms with E-state index in [-0.39, 0.29) is 12.5 Å². The maximum Gasteiger partial charge on any atom is 0.259 e. The number of rotatable bonds is 6. The standard InChI is InChI=1S/C17H18ClNO4/c1-21-13-8-7-12(18)9-11(13)10-19-17(20)16-14(22-2)5-4-6-15(16)23-3/h4-9H,10H2,1-3H3,(H,19,20). The summed E-state index contributed by atoms with van der Waals surface area (Å²) in [5, 5.41) is 3.40. The van der Waals surface area contributed by atoms with E-state index in [1.165, 1.54) is 14.2 Å². The van der Waals surface area contributed by atoms with Crippen LogP contribution >= 0.6 is 11.6 Å². The van der Waals surface area contributed by atoms with E-state index in [9.17, 15) is 4.79 Å². The molecule has 0 aliphatic carbocycles. The Morgan fingerprint density at radius 3 is 2.17 bits per heavy atom. The summed E-state index contributed by atoms with van der Waals surface area (Å²) in [4.78, 5) is 12.5. The van der Waals surface area contributed by atoms with Gasteiger partial charge in [-0.1, -0.05) is 17.7 Å². The minimum absolute atomic E-state index is 0.268. The minimum Gasteiger partial charge on any atom is -0.496 e. The zero-order valence-electron chi connectivity index (χ0n) is 13.2. The number of halogens is 1. The van der Waals surface area contributed by atoms with E-state index in [1.54, 1.807) is 43.5 Å². The predicted molar refractivity (Wildman–Crippen MR) is 88.7 cm³/mol. The van der Waals surface area contributed by atoms with E-state index in [0.717, 1.165) is 5.56 Å². The normalized spacial score (nSPS) is 10.1. The van der Waals surface area contributed by atoms with Crippen LogP contribution in [0.1, 0.15) is 15.9 Å². The smallest absolute Gasteiger partial charge is 0.259 e. The molecular formula is C17H18ClNO4. The summed E-state index contributed by atoms with van der Waals surface area (Å²) in [5.74, 6) is 1.24. The number of amides is 1. The summed E-state index contributed by atoms with van der Waals surface area (Å²) >= 11 is 5.99. The van der Waals surface area contributed by atoms with Crippen LogP contribution in [-0.2, 0) is 6.54 Å². The van der Waals surface area contributed by atoms with E-state index < -0.39 is 0 Å². The van der Waals surface area contributed by atoms with Gasteiger partial charge in [-0.3, -0.25) is 4.79 Å². The van der Waals surface area contributed by atoms with Gasteiger partial charge in [-0.25, -0.2) is 0 Å². The Morgan fingerprint density at radius 2 is 1.61 bits per heavy atom. The molecule has 0 radical (unpaired) electrons. The van der Waals surface area contributed by atoms with Crippen molar-refractivity contribution in [2.45, 2.75) is 6.54 Å². The van der Waals surface area contributed by atoms with Crippen molar-refractivity contribution in [2.24, 2.45) is 0 Å². The van der Waals surface area contributed by atoms with Crippen molar-refractivity contribution in [3.8, 4) is 17.2 Å². The van der Waals surface area contributed by atoms with Gasteiger partial charge in [-0.15, -0.1) is 0 Å². The van der Waals surface area contributed by atoms with E-state index in [0.29, 0.717) is 27.8 Å². The molecule has 0 aliphatic rings. The molecule has 1 amide bonds. The Hall–Kier alpha value is -2.40. The Balaban J connectivity index is 2.22. The summed E-state index contributed by atoms with van der Waals surface area (Å²) in [6.07, 6.45) is 0. The van der Waals surface area contributed by atoms with Crippen LogP contribution in [0.3, 0.4) is 0 Å². The lowest BCUT2D eigenvalue weighted by Crippen LogP contribution is -2.24. The number of nitrogens with one attached hydrogen (secondary N) is 1. The Kier molecular flexibility index (Phi) is 5.71. The highest BCUT2D eigenvalue weighted by Crippen LogP contribution is 2.28. The number of benzene rings is 2. The summed E-state index contributed by atoms with van der Waals surface area (Å²) in [6.45, 7) is 0.268. The van der Waals surface area contributed by atoms with Crippen LogP contribution in [0, 0.1) is 0 Å². The van der Waals surface area contributed by atoms with Crippen molar-refractivity contribution < 1.29 is 19.0 Å². The minimum atomic E-state index is -0.304. The zero-order valence-corrected chi connectivity index (χ0v) is 13.9. The Bertz CT molecular complexity index is 681. The molecule has 23 heavy (non-hydrogen) atoms. The van der Waals surface area contributed by atoms with Gasteiger partial charge in [0.05, 0.1) is 21.3 Å². The molecule has 0 aliphatic heterocycles. The van der Waals surface area contributed by atoms with Crippen molar-refractivity contribution in [1.29, 1.82) is 0 Å². The highest BCUT2D eigenvalue weighted by Gasteiger charge is 2.18. The molecule has 0 atom stereocenters. The van der Waals surface area contributed by atoms with Gasteiger partial charge in [0, 0.05) is 17.1 Å². The number of hydrogen-bond donors (Lipinski definition) is 1. The third kappa shape index (κ3) is 3.87. The van der Waals surface area contributed by atoms with E-state index >= 15 is 0 Å². The monoisotopic (exact) mass is 335 g/mol. The SMILES string of the molecule is COc1ccc(Cl)cc1CNC(=O)c1c(OC)cccc1OC. The molecule has 0 saturated heterocycles. The maximum atomic E-state index is 12.5. The fourth-order valence-corrected chi connectivity index (χ4v) is 2.42. The van der Waals surface area contributed by atoms with Crippen LogP contribution in [0.5, 0.6) is 17.2 Å². The second-order valence-electron chi connectivity index (χ2n) is 4.68. The van der Waals surface area contributed by atoms with Gasteiger partial charge in [0.2, 0.25) is 0 Å². The number of hydrogen-bond acceptors (Lipinski definition) is 4. The Morgan fingerprint density at radius 1 is 1.00 bits per heavy atom. The molecular weight excluding hydrogens is 318 g/mol. The summed E-state index contributed by atoms with van der Waals surface area (Å²) < 4.78 is 15.7. The molecule has 2 rings (SSSR count). The second-order valence-corrected chi connectivity index (χ2v) is 5.11. The van der Waals surface area contributed by atoms with Crippen LogP contribution in [0.4, 0.5) is 0 Å². The number of ether oxygens (including phenoxy) is 3. The molecule has 2 aromatic rings. The predicted octanol–water partition coefficient (Wildman–Crippen LogP) is 3.30. The number of carbonyl (C=O) groups excluding carboxylic acids is 1. The van der Waals surface area contributed by atoms with E-state index in [2.05, 4.69) is 5.32 Å². The van der Waals surface area contributed by atoms with Crippen LogP contribution in [0.2, 0.25) is 5.02 Å². The van der Waals surface area contributed by atoms with Gasteiger partial charge in [0.25, 0.3) is 5.91 Å². The lowest BCUT2D eigenvalue weighted by molar-refractivity contribution is 0.0944. The topological polar surface area (TPSA) is 56.8 Å². The number of carbonyl (C=O) groups is 1. The highest BCUT2D eigenvalue weighted by molar-refractivity contribution is 6.30. The molecule has 0 heterocycles. The second kappa shape index (κ2) is 7.74. The molecule has 0 bridgehead atoms. The van der Waals surface area contributed by atoms with Gasteiger partial charge in [0.15, 0.2) is 0 Å². The molecule has 2 aromatic carbocycles. The lowest BCUT2D eigenvalue weighted by Gasteiger charge is -2.14. The molecule has 1 N–H and O–H groups in total. The molecule has 6 heteroatoms. The van der Waals surface area contributed by atoms with Crippen LogP contribution < -0.4 is 19.5 Å². The van der Waals surface area contributed by atoms with Gasteiger partial charge in [-0.05, 0) is 30.3 Å². The van der Waals surface area contributed by atoms with Crippen molar-refractivity contribution in [1.82, 2.24) is 5.32 Å². The maximum absolute atomic E-state index is 12.5. The van der Waals surface area contributed by atoms with E-state index in [4.69, 9.17) is 25.8 Å². The number of methoxy groups -OCH3 is 3. The van der Waals surface area contributed by atoms with E-state index in [1.807, 2.05) is 0 Å². The quantitative estimate of drug-likeness (QED) is 0.880. The fourth-order valence-electron chi connectivity index (χ4n) is 2.22. The van der Waals surface area contributed by atoms with Gasteiger partial charge < -0.3 is 19.5 Å². The molecule has 0 aromatic heterocycles. The van der Waals surface area contributed by atoms with Crippen molar-refractivity contribution in [3.05, 3.63) is 52.5 Å². The van der Waals surface area contributed by atoms with Crippen molar-refractivity contribution in [3.63, 3.8) is 0 Å². The third-order valence-corrected chi connectivity index (χ3v) is 3.57. The first-order chi connectivity index (χ1) is 11.1. The molecule has 0 spiro atoms. The van der Waals surface area contributed by atoms with Gasteiger partial charge >= 0.3 is 0 Å². The summed E-state index contributed by atoms with van der Waals surface area (Å²) in [6, 6.07) is 10.4. The molecule has 122 valence electrons. The van der Waals surface area contributed by atoms with Gasteiger partial charge in [-0.2, -0.15) is 0 Å². The zero-order chi connectivity index (χ0) is 16.8. The third-order valence-electron chi connectivity index (χ3n) is 3.34. The first-order valence-corrected chi connectivity index (χ1v) is 7.30. The summed E-state index contributed by atoms with van der Waals surface area (Å²) in [7, 11) is 4.58. The van der Waals surface area contributed by atoms with Gasteiger partial charge in [0.1, 0.15) is 22.8 Å². The first-order valence-electron chi connectivity index (χ1n) is 6.92. The fraction of sp³-hybridized carbons (Fsp3) is 0.235. The average Bonchev–Trinajstić information content (AvgIpc) is 2.58. The molecule has 5 nitrogen and oxygen atoms in total. The van der Waals surface area contributed by atoms with Crippen molar-refractivity contribution in [2.75, 3.05) is 21.3 Å². The molecule has 0 fully saturated rings. The average molecular weight is 336 g/mol. The van der Waals surface area contributed by atoms with Crippen LogP contribution in [-0.4, -0.2) is 27.2 Å². The summed E-state index contributed by atoms with van der Waals surface area (Å²) in [5.41, 5.74) is 1.13. The first kappa shape index (κ1) is 17.0. The van der Waals surface area contributed by atoms with Crippen LogP contribution in [0.25, 0.3) is 0 Å². The molecule has 0 unspecified atom stereocenters. The lowest BCUT2D eigenvalue weighted by atomic mass is 10.1. The Labute approximate surface area is 140 Å².